The second-order valence-corrected chi connectivity index (χ2v) is 3.45. The maximum atomic E-state index is 6.15. The van der Waals surface area contributed by atoms with Gasteiger partial charge in [-0.15, -0.1) is 0 Å². The summed E-state index contributed by atoms with van der Waals surface area (Å²) in [5, 5.41) is 0.675. The molecule has 0 aliphatic carbocycles. The average molecular weight is 208 g/mol. The van der Waals surface area contributed by atoms with Crippen molar-refractivity contribution in [3.63, 3.8) is 0 Å². The molecule has 0 saturated heterocycles. The second kappa shape index (κ2) is 3.42. The third kappa shape index (κ3) is 1.40. The number of pyridine rings is 1. The molecule has 0 aliphatic heterocycles. The summed E-state index contributed by atoms with van der Waals surface area (Å²) >= 11 is 6.15. The minimum atomic E-state index is 0.675. The molecule has 0 unspecified atom stereocenters. The maximum absolute atomic E-state index is 6.15. The van der Waals surface area contributed by atoms with Gasteiger partial charge in [0.25, 0.3) is 0 Å². The Balaban J connectivity index is 2.63. The fourth-order valence-corrected chi connectivity index (χ4v) is 1.56. The number of hydrogen-bond acceptors (Lipinski definition) is 2. The highest BCUT2D eigenvalue weighted by Crippen LogP contribution is 2.22. The summed E-state index contributed by atoms with van der Waals surface area (Å²) < 4.78 is 1.94. The van der Waals surface area contributed by atoms with E-state index in [1.807, 2.05) is 30.7 Å². The fourth-order valence-electron chi connectivity index (χ4n) is 1.35. The van der Waals surface area contributed by atoms with E-state index in [2.05, 4.69) is 9.97 Å². The molecule has 2 rings (SSSR count). The van der Waals surface area contributed by atoms with Crippen LogP contribution in [0.2, 0.25) is 5.02 Å². The van der Waals surface area contributed by atoms with Crippen molar-refractivity contribution in [2.75, 3.05) is 0 Å². The summed E-state index contributed by atoms with van der Waals surface area (Å²) in [5.41, 5.74) is 1.76. The number of imidazole rings is 1. The Bertz CT molecular complexity index is 462. The molecule has 0 radical (unpaired) electrons. The highest BCUT2D eigenvalue weighted by atomic mass is 35.5. The lowest BCUT2D eigenvalue weighted by Gasteiger charge is -2.08. The van der Waals surface area contributed by atoms with Crippen LogP contribution >= 0.6 is 11.6 Å². The number of halogens is 1. The Labute approximate surface area is 87.4 Å². The van der Waals surface area contributed by atoms with E-state index in [-0.39, 0.29) is 0 Å². The van der Waals surface area contributed by atoms with Crippen LogP contribution in [0.3, 0.4) is 0 Å². The third-order valence-corrected chi connectivity index (χ3v) is 2.60. The normalized spacial score (nSPS) is 10.5. The summed E-state index contributed by atoms with van der Waals surface area (Å²) in [6, 6.07) is 1.88. The standard InChI is InChI=1S/C10H10ClN3/c1-7-10(11)9(3-4-12-7)14-6-5-13-8(14)2/h3-6H,1-2H3. The quantitative estimate of drug-likeness (QED) is 0.720. The molecular weight excluding hydrogens is 198 g/mol. The molecule has 3 nitrogen and oxygen atoms in total. The van der Waals surface area contributed by atoms with Crippen molar-refractivity contribution in [2.24, 2.45) is 0 Å². The SMILES string of the molecule is Cc1nccc(-n2ccnc2C)c1Cl. The molecule has 14 heavy (non-hydrogen) atoms. The molecule has 0 aromatic carbocycles. The van der Waals surface area contributed by atoms with Crippen LogP contribution in [0.1, 0.15) is 11.5 Å². The van der Waals surface area contributed by atoms with Crippen molar-refractivity contribution in [3.05, 3.63) is 41.2 Å². The summed E-state index contributed by atoms with van der Waals surface area (Å²) in [4.78, 5) is 8.26. The molecule has 0 fully saturated rings. The zero-order valence-corrected chi connectivity index (χ0v) is 8.78. The second-order valence-electron chi connectivity index (χ2n) is 3.07. The Hall–Kier alpha value is -1.35. The molecule has 2 heterocycles. The molecule has 72 valence electrons. The average Bonchev–Trinajstić information content (AvgIpc) is 2.57. The first-order valence-corrected chi connectivity index (χ1v) is 4.69. The van der Waals surface area contributed by atoms with Gasteiger partial charge in [0.2, 0.25) is 0 Å². The van der Waals surface area contributed by atoms with E-state index in [9.17, 15) is 0 Å². The summed E-state index contributed by atoms with van der Waals surface area (Å²) in [7, 11) is 0. The van der Waals surface area contributed by atoms with E-state index in [4.69, 9.17) is 11.6 Å². The Kier molecular flexibility index (Phi) is 2.25. The van der Waals surface area contributed by atoms with Crippen LogP contribution in [-0.2, 0) is 0 Å². The van der Waals surface area contributed by atoms with Crippen molar-refractivity contribution in [3.8, 4) is 5.69 Å². The predicted molar refractivity (Wildman–Crippen MR) is 55.8 cm³/mol. The van der Waals surface area contributed by atoms with E-state index in [1.54, 1.807) is 12.4 Å². The van der Waals surface area contributed by atoms with Gasteiger partial charge in [-0.2, -0.15) is 0 Å². The first kappa shape index (κ1) is 9.21. The van der Waals surface area contributed by atoms with Gasteiger partial charge in [-0.1, -0.05) is 11.6 Å². The minimum Gasteiger partial charge on any atom is -0.302 e. The highest BCUT2D eigenvalue weighted by Gasteiger charge is 2.07. The van der Waals surface area contributed by atoms with Crippen LogP contribution in [0, 0.1) is 13.8 Å². The van der Waals surface area contributed by atoms with Crippen LogP contribution in [0.4, 0.5) is 0 Å². The van der Waals surface area contributed by atoms with Crippen LogP contribution < -0.4 is 0 Å². The van der Waals surface area contributed by atoms with Gasteiger partial charge < -0.3 is 4.57 Å². The van der Waals surface area contributed by atoms with Crippen LogP contribution in [0.15, 0.2) is 24.7 Å². The lowest BCUT2D eigenvalue weighted by atomic mass is 10.3. The van der Waals surface area contributed by atoms with Crippen LogP contribution in [0.25, 0.3) is 5.69 Å². The molecule has 0 bridgehead atoms. The van der Waals surface area contributed by atoms with E-state index in [0.717, 1.165) is 17.2 Å². The molecule has 4 heteroatoms. The summed E-state index contributed by atoms with van der Waals surface area (Å²) in [5.74, 6) is 0.914. The van der Waals surface area contributed by atoms with E-state index in [1.165, 1.54) is 0 Å². The van der Waals surface area contributed by atoms with E-state index in [0.29, 0.717) is 5.02 Å². The van der Waals surface area contributed by atoms with Gasteiger partial charge in [-0.05, 0) is 19.9 Å². The Morgan fingerprint density at radius 3 is 2.64 bits per heavy atom. The van der Waals surface area contributed by atoms with Gasteiger partial charge in [0.15, 0.2) is 0 Å². The Morgan fingerprint density at radius 1 is 1.21 bits per heavy atom. The third-order valence-electron chi connectivity index (χ3n) is 2.13. The van der Waals surface area contributed by atoms with Crippen LogP contribution in [0.5, 0.6) is 0 Å². The van der Waals surface area contributed by atoms with Crippen molar-refractivity contribution >= 4 is 11.6 Å². The topological polar surface area (TPSA) is 30.7 Å². The van der Waals surface area contributed by atoms with E-state index < -0.39 is 0 Å². The smallest absolute Gasteiger partial charge is 0.110 e. The van der Waals surface area contributed by atoms with Gasteiger partial charge >= 0.3 is 0 Å². The Morgan fingerprint density at radius 2 is 2.00 bits per heavy atom. The largest absolute Gasteiger partial charge is 0.302 e. The maximum Gasteiger partial charge on any atom is 0.110 e. The lowest BCUT2D eigenvalue weighted by Crippen LogP contribution is -1.98. The van der Waals surface area contributed by atoms with Crippen LogP contribution in [-0.4, -0.2) is 14.5 Å². The first-order valence-electron chi connectivity index (χ1n) is 4.31. The molecule has 0 saturated carbocycles. The first-order chi connectivity index (χ1) is 6.70. The molecule has 0 atom stereocenters. The van der Waals surface area contributed by atoms with Gasteiger partial charge in [0.05, 0.1) is 16.4 Å². The fraction of sp³-hybridized carbons (Fsp3) is 0.200. The lowest BCUT2D eigenvalue weighted by molar-refractivity contribution is 0.965. The van der Waals surface area contributed by atoms with E-state index >= 15 is 0 Å². The van der Waals surface area contributed by atoms with Gasteiger partial charge in [-0.3, -0.25) is 4.98 Å². The molecule has 2 aromatic rings. The zero-order chi connectivity index (χ0) is 10.1. The molecule has 0 N–H and O–H groups in total. The molecule has 0 aliphatic rings. The molecule has 0 amide bonds. The van der Waals surface area contributed by atoms with Crippen molar-refractivity contribution in [1.29, 1.82) is 0 Å². The number of nitrogens with zero attached hydrogens (tertiary/aromatic N) is 3. The molecule has 0 spiro atoms. The predicted octanol–water partition coefficient (Wildman–Crippen LogP) is 2.54. The summed E-state index contributed by atoms with van der Waals surface area (Å²) in [6.45, 7) is 3.82. The number of hydrogen-bond donors (Lipinski definition) is 0. The zero-order valence-electron chi connectivity index (χ0n) is 8.03. The van der Waals surface area contributed by atoms with Crippen molar-refractivity contribution < 1.29 is 0 Å². The number of aryl methyl sites for hydroxylation is 2. The van der Waals surface area contributed by atoms with Crippen molar-refractivity contribution in [1.82, 2.24) is 14.5 Å². The molecule has 2 aromatic heterocycles. The van der Waals surface area contributed by atoms with Gasteiger partial charge in [0.1, 0.15) is 5.82 Å². The number of rotatable bonds is 1. The molecular formula is C10H10ClN3. The monoisotopic (exact) mass is 207 g/mol. The highest BCUT2D eigenvalue weighted by molar-refractivity contribution is 6.33. The summed E-state index contributed by atoms with van der Waals surface area (Å²) in [6.07, 6.45) is 5.38. The van der Waals surface area contributed by atoms with Crippen molar-refractivity contribution in [2.45, 2.75) is 13.8 Å². The van der Waals surface area contributed by atoms with Gasteiger partial charge in [0, 0.05) is 18.6 Å². The van der Waals surface area contributed by atoms with Gasteiger partial charge in [-0.25, -0.2) is 4.98 Å². The number of aromatic nitrogens is 3. The minimum absolute atomic E-state index is 0.675.